The molecule has 30 heavy (non-hydrogen) atoms. The third kappa shape index (κ3) is 5.76. The second kappa shape index (κ2) is 10.5. The summed E-state index contributed by atoms with van der Waals surface area (Å²) in [5.74, 6) is 2.04. The number of nitrogens with zero attached hydrogens (tertiary/aromatic N) is 1. The Labute approximate surface area is 180 Å². The van der Waals surface area contributed by atoms with Crippen molar-refractivity contribution >= 4 is 5.91 Å². The molecule has 1 N–H and O–H groups in total. The lowest BCUT2D eigenvalue weighted by molar-refractivity contribution is -0.127. The van der Waals surface area contributed by atoms with Crippen LogP contribution in [0.2, 0.25) is 0 Å². The molecule has 2 aromatic rings. The van der Waals surface area contributed by atoms with E-state index in [-0.39, 0.29) is 17.9 Å². The van der Waals surface area contributed by atoms with Crippen molar-refractivity contribution in [1.82, 2.24) is 10.2 Å². The molecule has 2 aromatic carbocycles. The molecule has 1 aliphatic heterocycles. The number of likely N-dealkylation sites (tertiary alicyclic amines) is 1. The van der Waals surface area contributed by atoms with Gasteiger partial charge >= 0.3 is 0 Å². The standard InChI is InChI=1S/C25H34N2O3/c1-5-18(2)26-25(28)22-13-21(20-9-7-6-8-10-20)16-27(17-22)15-19-11-23(29-3)14-24(12-19)30-4/h6-12,14,18,21-22H,5,13,15-17H2,1-4H3,(H,26,28). The number of rotatable bonds is 8. The van der Waals surface area contributed by atoms with Crippen molar-refractivity contribution in [1.29, 1.82) is 0 Å². The first-order chi connectivity index (χ1) is 14.5. The number of benzene rings is 2. The molecule has 0 aliphatic carbocycles. The molecule has 1 amide bonds. The topological polar surface area (TPSA) is 50.8 Å². The molecule has 1 aliphatic rings. The summed E-state index contributed by atoms with van der Waals surface area (Å²) in [6.07, 6.45) is 1.82. The lowest BCUT2D eigenvalue weighted by Gasteiger charge is -2.38. The van der Waals surface area contributed by atoms with Crippen molar-refractivity contribution in [3.63, 3.8) is 0 Å². The fourth-order valence-corrected chi connectivity index (χ4v) is 4.15. The van der Waals surface area contributed by atoms with Gasteiger partial charge in [-0.2, -0.15) is 0 Å². The second-order valence-electron chi connectivity index (χ2n) is 8.27. The van der Waals surface area contributed by atoms with Gasteiger partial charge < -0.3 is 14.8 Å². The van der Waals surface area contributed by atoms with Gasteiger partial charge in [-0.05, 0) is 48.9 Å². The lowest BCUT2D eigenvalue weighted by atomic mass is 9.83. The SMILES string of the molecule is CCC(C)NC(=O)C1CC(c2ccccc2)CN(Cc2cc(OC)cc(OC)c2)C1. The number of amides is 1. The van der Waals surface area contributed by atoms with Gasteiger partial charge in [-0.1, -0.05) is 37.3 Å². The van der Waals surface area contributed by atoms with Gasteiger partial charge in [0, 0.05) is 31.7 Å². The van der Waals surface area contributed by atoms with Crippen molar-refractivity contribution in [2.24, 2.45) is 5.92 Å². The third-order valence-corrected chi connectivity index (χ3v) is 5.99. The van der Waals surface area contributed by atoms with Crippen molar-refractivity contribution in [3.8, 4) is 11.5 Å². The molecule has 3 unspecified atom stereocenters. The first-order valence-corrected chi connectivity index (χ1v) is 10.8. The molecule has 5 nitrogen and oxygen atoms in total. The van der Waals surface area contributed by atoms with E-state index in [4.69, 9.17) is 9.47 Å². The van der Waals surface area contributed by atoms with Crippen molar-refractivity contribution in [2.75, 3.05) is 27.3 Å². The van der Waals surface area contributed by atoms with Gasteiger partial charge in [0.2, 0.25) is 5.91 Å². The molecule has 1 heterocycles. The molecule has 3 rings (SSSR count). The molecule has 1 fully saturated rings. The highest BCUT2D eigenvalue weighted by Gasteiger charge is 2.32. The lowest BCUT2D eigenvalue weighted by Crippen LogP contribution is -2.47. The number of hydrogen-bond donors (Lipinski definition) is 1. The molecule has 0 saturated carbocycles. The molecule has 0 bridgehead atoms. The van der Waals surface area contributed by atoms with Crippen LogP contribution in [0.1, 0.15) is 43.7 Å². The number of carbonyl (C=O) groups excluding carboxylic acids is 1. The van der Waals surface area contributed by atoms with Gasteiger partial charge in [-0.25, -0.2) is 0 Å². The Kier molecular flexibility index (Phi) is 7.75. The van der Waals surface area contributed by atoms with Gasteiger partial charge in [0.15, 0.2) is 0 Å². The number of hydrogen-bond acceptors (Lipinski definition) is 4. The Balaban J connectivity index is 1.81. The van der Waals surface area contributed by atoms with Crippen molar-refractivity contribution < 1.29 is 14.3 Å². The van der Waals surface area contributed by atoms with Gasteiger partial charge in [0.1, 0.15) is 11.5 Å². The van der Waals surface area contributed by atoms with Gasteiger partial charge in [-0.15, -0.1) is 0 Å². The number of piperidine rings is 1. The Hall–Kier alpha value is -2.53. The van der Waals surface area contributed by atoms with E-state index in [1.165, 1.54) is 5.56 Å². The van der Waals surface area contributed by atoms with Crippen LogP contribution in [-0.4, -0.2) is 44.2 Å². The highest BCUT2D eigenvalue weighted by atomic mass is 16.5. The Bertz CT molecular complexity index is 802. The van der Waals surface area contributed by atoms with Crippen LogP contribution in [0, 0.1) is 5.92 Å². The minimum Gasteiger partial charge on any atom is -0.497 e. The first kappa shape index (κ1) is 22.2. The summed E-state index contributed by atoms with van der Waals surface area (Å²) < 4.78 is 10.9. The minimum absolute atomic E-state index is 0.0227. The van der Waals surface area contributed by atoms with Crippen LogP contribution < -0.4 is 14.8 Å². The maximum absolute atomic E-state index is 13.0. The molecule has 0 radical (unpaired) electrons. The summed E-state index contributed by atoms with van der Waals surface area (Å²) in [5.41, 5.74) is 2.42. The molecular weight excluding hydrogens is 376 g/mol. The molecular formula is C25H34N2O3. The number of carbonyl (C=O) groups is 1. The molecule has 1 saturated heterocycles. The fraction of sp³-hybridized carbons (Fsp3) is 0.480. The summed E-state index contributed by atoms with van der Waals surface area (Å²) in [6, 6.07) is 16.7. The Morgan fingerprint density at radius 2 is 1.77 bits per heavy atom. The second-order valence-corrected chi connectivity index (χ2v) is 8.27. The minimum atomic E-state index is -0.0227. The summed E-state index contributed by atoms with van der Waals surface area (Å²) in [5, 5.41) is 3.19. The Morgan fingerprint density at radius 3 is 2.37 bits per heavy atom. The molecule has 5 heteroatoms. The van der Waals surface area contributed by atoms with Crippen LogP contribution in [0.3, 0.4) is 0 Å². The highest BCUT2D eigenvalue weighted by Crippen LogP contribution is 2.32. The maximum Gasteiger partial charge on any atom is 0.224 e. The quantitative estimate of drug-likeness (QED) is 0.708. The van der Waals surface area contributed by atoms with E-state index >= 15 is 0 Å². The van der Waals surface area contributed by atoms with E-state index in [0.29, 0.717) is 5.92 Å². The van der Waals surface area contributed by atoms with Crippen LogP contribution in [0.15, 0.2) is 48.5 Å². The third-order valence-electron chi connectivity index (χ3n) is 5.99. The summed E-state index contributed by atoms with van der Waals surface area (Å²) in [6.45, 7) is 6.60. The summed E-state index contributed by atoms with van der Waals surface area (Å²) >= 11 is 0. The predicted octanol–water partition coefficient (Wildman–Crippen LogP) is 4.22. The predicted molar refractivity (Wildman–Crippen MR) is 120 cm³/mol. The zero-order valence-electron chi connectivity index (χ0n) is 18.6. The van der Waals surface area contributed by atoms with Crippen LogP contribution in [-0.2, 0) is 11.3 Å². The van der Waals surface area contributed by atoms with E-state index in [2.05, 4.69) is 48.3 Å². The highest BCUT2D eigenvalue weighted by molar-refractivity contribution is 5.79. The average Bonchev–Trinajstić information content (AvgIpc) is 2.78. The van der Waals surface area contributed by atoms with Gasteiger partial charge in [0.05, 0.1) is 20.1 Å². The molecule has 162 valence electrons. The Morgan fingerprint density at radius 1 is 1.10 bits per heavy atom. The fourth-order valence-electron chi connectivity index (χ4n) is 4.15. The summed E-state index contributed by atoms with van der Waals surface area (Å²) in [4.78, 5) is 15.4. The normalized spacial score (nSPS) is 20.4. The van der Waals surface area contributed by atoms with E-state index in [1.807, 2.05) is 24.3 Å². The zero-order chi connectivity index (χ0) is 21.5. The van der Waals surface area contributed by atoms with Gasteiger partial charge in [0.25, 0.3) is 0 Å². The first-order valence-electron chi connectivity index (χ1n) is 10.8. The molecule has 3 atom stereocenters. The van der Waals surface area contributed by atoms with Crippen LogP contribution in [0.5, 0.6) is 11.5 Å². The van der Waals surface area contributed by atoms with Crippen molar-refractivity contribution in [2.45, 2.75) is 45.2 Å². The smallest absolute Gasteiger partial charge is 0.224 e. The van der Waals surface area contributed by atoms with Crippen LogP contribution >= 0.6 is 0 Å². The van der Waals surface area contributed by atoms with Crippen LogP contribution in [0.4, 0.5) is 0 Å². The maximum atomic E-state index is 13.0. The van der Waals surface area contributed by atoms with E-state index in [1.54, 1.807) is 14.2 Å². The van der Waals surface area contributed by atoms with E-state index in [0.717, 1.165) is 49.5 Å². The van der Waals surface area contributed by atoms with Crippen LogP contribution in [0.25, 0.3) is 0 Å². The largest absolute Gasteiger partial charge is 0.497 e. The van der Waals surface area contributed by atoms with E-state index in [9.17, 15) is 4.79 Å². The number of nitrogens with one attached hydrogen (secondary N) is 1. The van der Waals surface area contributed by atoms with E-state index < -0.39 is 0 Å². The average molecular weight is 411 g/mol. The number of methoxy groups -OCH3 is 2. The monoisotopic (exact) mass is 410 g/mol. The number of ether oxygens (including phenoxy) is 2. The summed E-state index contributed by atoms with van der Waals surface area (Å²) in [7, 11) is 3.33. The molecule has 0 spiro atoms. The van der Waals surface area contributed by atoms with Crippen molar-refractivity contribution in [3.05, 3.63) is 59.7 Å². The van der Waals surface area contributed by atoms with Gasteiger partial charge in [-0.3, -0.25) is 9.69 Å². The molecule has 0 aromatic heterocycles. The zero-order valence-corrected chi connectivity index (χ0v) is 18.6.